The molecule has 1 fully saturated rings. The van der Waals surface area contributed by atoms with Crippen molar-refractivity contribution in [1.29, 1.82) is 0 Å². The lowest BCUT2D eigenvalue weighted by Gasteiger charge is -2.37. The molecule has 1 aromatic rings. The topological polar surface area (TPSA) is 24.5 Å². The fourth-order valence-electron chi connectivity index (χ4n) is 2.80. The van der Waals surface area contributed by atoms with Crippen LogP contribution in [-0.4, -0.2) is 49.8 Å². The minimum absolute atomic E-state index is 0.00122. The third-order valence-electron chi connectivity index (χ3n) is 3.99. The smallest absolute Gasteiger partial charge is 0.126 e. The molecule has 118 valence electrons. The van der Waals surface area contributed by atoms with Gasteiger partial charge in [0.1, 0.15) is 11.6 Å². The van der Waals surface area contributed by atoms with E-state index in [1.807, 2.05) is 6.92 Å². The molecule has 0 saturated carbocycles. The fourth-order valence-corrected chi connectivity index (χ4v) is 2.80. The number of morpholine rings is 1. The van der Waals surface area contributed by atoms with Crippen LogP contribution in [0.5, 0.6) is 0 Å². The van der Waals surface area contributed by atoms with E-state index in [0.717, 1.165) is 32.2 Å². The van der Waals surface area contributed by atoms with Gasteiger partial charge in [-0.05, 0) is 43.3 Å². The van der Waals surface area contributed by atoms with E-state index in [0.29, 0.717) is 18.6 Å². The quantitative estimate of drug-likeness (QED) is 0.871. The van der Waals surface area contributed by atoms with E-state index >= 15 is 0 Å². The molecule has 1 aromatic carbocycles. The van der Waals surface area contributed by atoms with Crippen molar-refractivity contribution >= 4 is 0 Å². The zero-order valence-corrected chi connectivity index (χ0v) is 12.7. The molecular formula is C16H24F2N2O. The summed E-state index contributed by atoms with van der Waals surface area (Å²) in [6, 6.07) is 3.60. The van der Waals surface area contributed by atoms with Gasteiger partial charge < -0.3 is 10.1 Å². The molecule has 0 radical (unpaired) electrons. The Bertz CT molecular complexity index is 456. The summed E-state index contributed by atoms with van der Waals surface area (Å²) in [6.07, 6.45) is 0.431. The molecule has 5 heteroatoms. The summed E-state index contributed by atoms with van der Waals surface area (Å²) in [4.78, 5) is 2.32. The van der Waals surface area contributed by atoms with Gasteiger partial charge in [-0.2, -0.15) is 0 Å². The second-order valence-electron chi connectivity index (χ2n) is 5.41. The zero-order valence-electron chi connectivity index (χ0n) is 12.7. The molecule has 2 atom stereocenters. The number of hydrogen-bond acceptors (Lipinski definition) is 3. The summed E-state index contributed by atoms with van der Waals surface area (Å²) in [5.41, 5.74) is 0.401. The summed E-state index contributed by atoms with van der Waals surface area (Å²) < 4.78 is 33.0. The lowest BCUT2D eigenvalue weighted by molar-refractivity contribution is -0.0446. The lowest BCUT2D eigenvalue weighted by Crippen LogP contribution is -2.53. The summed E-state index contributed by atoms with van der Waals surface area (Å²) in [5, 5.41) is 3.35. The monoisotopic (exact) mass is 298 g/mol. The first kappa shape index (κ1) is 16.3. The molecule has 1 heterocycles. The third-order valence-corrected chi connectivity index (χ3v) is 3.99. The molecule has 3 nitrogen and oxygen atoms in total. The first-order valence-electron chi connectivity index (χ1n) is 7.65. The van der Waals surface area contributed by atoms with E-state index in [2.05, 4.69) is 17.1 Å². The Morgan fingerprint density at radius 2 is 2.19 bits per heavy atom. The van der Waals surface area contributed by atoms with E-state index in [-0.39, 0.29) is 18.0 Å². The maximum Gasteiger partial charge on any atom is 0.126 e. The predicted octanol–water partition coefficient (Wildman–Crippen LogP) is 2.21. The van der Waals surface area contributed by atoms with Crippen molar-refractivity contribution in [3.63, 3.8) is 0 Å². The standard InChI is InChI=1S/C16H24F2N2O/c1-3-19-15(16-11-20(4-2)7-8-21-16)10-12-9-13(17)5-6-14(12)18/h5-6,9,15-16,19H,3-4,7-8,10-11H2,1-2H3. The van der Waals surface area contributed by atoms with E-state index in [1.165, 1.54) is 12.1 Å². The maximum atomic E-state index is 13.8. The van der Waals surface area contributed by atoms with Crippen LogP contribution in [0.25, 0.3) is 0 Å². The van der Waals surface area contributed by atoms with Crippen molar-refractivity contribution in [1.82, 2.24) is 10.2 Å². The Morgan fingerprint density at radius 1 is 1.38 bits per heavy atom. The second-order valence-corrected chi connectivity index (χ2v) is 5.41. The van der Waals surface area contributed by atoms with Gasteiger partial charge in [0.25, 0.3) is 0 Å². The molecule has 1 aliphatic heterocycles. The lowest BCUT2D eigenvalue weighted by atomic mass is 9.99. The summed E-state index contributed by atoms with van der Waals surface area (Å²) >= 11 is 0. The molecule has 0 aromatic heterocycles. The van der Waals surface area contributed by atoms with Crippen LogP contribution in [0.1, 0.15) is 19.4 Å². The fraction of sp³-hybridized carbons (Fsp3) is 0.625. The van der Waals surface area contributed by atoms with Gasteiger partial charge in [-0.1, -0.05) is 13.8 Å². The van der Waals surface area contributed by atoms with Crippen LogP contribution in [0, 0.1) is 11.6 Å². The number of halogens is 2. The van der Waals surface area contributed by atoms with Gasteiger partial charge in [0.15, 0.2) is 0 Å². The Kier molecular flexibility index (Phi) is 6.08. The highest BCUT2D eigenvalue weighted by Gasteiger charge is 2.28. The first-order valence-corrected chi connectivity index (χ1v) is 7.65. The number of rotatable bonds is 6. The highest BCUT2D eigenvalue weighted by atomic mass is 19.1. The average Bonchev–Trinajstić information content (AvgIpc) is 2.50. The van der Waals surface area contributed by atoms with Crippen LogP contribution >= 0.6 is 0 Å². The average molecular weight is 298 g/mol. The number of nitrogens with one attached hydrogen (secondary N) is 1. The molecule has 1 N–H and O–H groups in total. The number of nitrogens with zero attached hydrogens (tertiary/aromatic N) is 1. The van der Waals surface area contributed by atoms with Crippen LogP contribution in [0.4, 0.5) is 8.78 Å². The maximum absolute atomic E-state index is 13.8. The molecule has 2 unspecified atom stereocenters. The van der Waals surface area contributed by atoms with Crippen LogP contribution in [0.3, 0.4) is 0 Å². The van der Waals surface area contributed by atoms with Gasteiger partial charge >= 0.3 is 0 Å². The van der Waals surface area contributed by atoms with Crippen molar-refractivity contribution < 1.29 is 13.5 Å². The number of benzene rings is 1. The highest BCUT2D eigenvalue weighted by molar-refractivity contribution is 5.20. The summed E-state index contributed by atoms with van der Waals surface area (Å²) in [5.74, 6) is -0.760. The largest absolute Gasteiger partial charge is 0.374 e. The Labute approximate surface area is 125 Å². The van der Waals surface area contributed by atoms with Crippen LogP contribution in [0.2, 0.25) is 0 Å². The normalized spacial score (nSPS) is 21.4. The minimum atomic E-state index is -0.401. The first-order chi connectivity index (χ1) is 10.1. The van der Waals surface area contributed by atoms with Crippen LogP contribution < -0.4 is 5.32 Å². The summed E-state index contributed by atoms with van der Waals surface area (Å²) in [6.45, 7) is 8.32. The number of ether oxygens (including phenoxy) is 1. The summed E-state index contributed by atoms with van der Waals surface area (Å²) in [7, 11) is 0. The number of hydrogen-bond donors (Lipinski definition) is 1. The van der Waals surface area contributed by atoms with Gasteiger partial charge in [0.05, 0.1) is 12.7 Å². The van der Waals surface area contributed by atoms with Gasteiger partial charge in [-0.25, -0.2) is 8.78 Å². The molecule has 2 rings (SSSR count). The van der Waals surface area contributed by atoms with Gasteiger partial charge in [-0.3, -0.25) is 4.90 Å². The van der Waals surface area contributed by atoms with E-state index < -0.39 is 5.82 Å². The molecule has 0 aliphatic carbocycles. The van der Waals surface area contributed by atoms with Crippen molar-refractivity contribution in [2.24, 2.45) is 0 Å². The Morgan fingerprint density at radius 3 is 2.90 bits per heavy atom. The van der Waals surface area contributed by atoms with E-state index in [4.69, 9.17) is 4.74 Å². The molecule has 1 aliphatic rings. The van der Waals surface area contributed by atoms with Gasteiger partial charge in [-0.15, -0.1) is 0 Å². The van der Waals surface area contributed by atoms with Crippen LogP contribution in [-0.2, 0) is 11.2 Å². The number of likely N-dealkylation sites (N-methyl/N-ethyl adjacent to an activating group) is 2. The Hall–Kier alpha value is -1.04. The molecule has 0 amide bonds. The van der Waals surface area contributed by atoms with E-state index in [1.54, 1.807) is 0 Å². The molecule has 0 spiro atoms. The van der Waals surface area contributed by atoms with Crippen molar-refractivity contribution in [2.75, 3.05) is 32.8 Å². The zero-order chi connectivity index (χ0) is 15.2. The third kappa shape index (κ3) is 4.46. The second kappa shape index (κ2) is 7.82. The van der Waals surface area contributed by atoms with E-state index in [9.17, 15) is 8.78 Å². The van der Waals surface area contributed by atoms with Crippen molar-refractivity contribution in [3.8, 4) is 0 Å². The Balaban J connectivity index is 2.09. The molecular weight excluding hydrogens is 274 g/mol. The molecule has 1 saturated heterocycles. The van der Waals surface area contributed by atoms with Gasteiger partial charge in [0.2, 0.25) is 0 Å². The van der Waals surface area contributed by atoms with Crippen molar-refractivity contribution in [2.45, 2.75) is 32.4 Å². The molecule has 21 heavy (non-hydrogen) atoms. The SMILES string of the molecule is CCNC(Cc1cc(F)ccc1F)C1CN(CC)CCO1. The predicted molar refractivity (Wildman–Crippen MR) is 79.4 cm³/mol. The van der Waals surface area contributed by atoms with Crippen molar-refractivity contribution in [3.05, 3.63) is 35.4 Å². The van der Waals surface area contributed by atoms with Crippen LogP contribution in [0.15, 0.2) is 18.2 Å². The highest BCUT2D eigenvalue weighted by Crippen LogP contribution is 2.17. The van der Waals surface area contributed by atoms with Gasteiger partial charge in [0, 0.05) is 19.1 Å². The molecule has 0 bridgehead atoms. The minimum Gasteiger partial charge on any atom is -0.374 e.